The molecular formula is C13H29NO2. The van der Waals surface area contributed by atoms with Gasteiger partial charge in [0.2, 0.25) is 0 Å². The lowest BCUT2D eigenvalue weighted by Crippen LogP contribution is -2.41. The summed E-state index contributed by atoms with van der Waals surface area (Å²) in [7, 11) is 1.68. The van der Waals surface area contributed by atoms with Gasteiger partial charge in [0.25, 0.3) is 0 Å². The molecule has 2 heterocycles. The number of aliphatic hydroxyl groups is 1. The average Bonchev–Trinajstić information content (AvgIpc) is 2.91. The highest BCUT2D eigenvalue weighted by Gasteiger charge is 2.43. The van der Waals surface area contributed by atoms with Crippen molar-refractivity contribution >= 4 is 0 Å². The summed E-state index contributed by atoms with van der Waals surface area (Å²) in [6.45, 7) is 9.61. The van der Waals surface area contributed by atoms with Gasteiger partial charge in [0.15, 0.2) is 0 Å². The van der Waals surface area contributed by atoms with Crippen molar-refractivity contribution in [1.82, 2.24) is 4.90 Å². The third-order valence-corrected chi connectivity index (χ3v) is 3.39. The molecule has 0 aromatic carbocycles. The Morgan fingerprint density at radius 1 is 1.19 bits per heavy atom. The molecule has 0 unspecified atom stereocenters. The van der Waals surface area contributed by atoms with Gasteiger partial charge in [0.1, 0.15) is 0 Å². The smallest absolute Gasteiger partial charge is 0.0615 e. The standard InChI is InChI=1S/C8H15NO.C3H8O.C2H6/c10-7-8-3-1-5-9(8)6-2-4-8;1-3-4-2;1-2/h10H,1-7H2;3H2,1-2H3;1-2H3. The van der Waals surface area contributed by atoms with Crippen molar-refractivity contribution in [3.05, 3.63) is 0 Å². The minimum atomic E-state index is 0.236. The molecular weight excluding hydrogens is 202 g/mol. The second-order valence-electron chi connectivity index (χ2n) is 4.15. The van der Waals surface area contributed by atoms with Crippen molar-refractivity contribution in [2.45, 2.75) is 52.0 Å². The van der Waals surface area contributed by atoms with Crippen LogP contribution < -0.4 is 0 Å². The van der Waals surface area contributed by atoms with Gasteiger partial charge in [-0.1, -0.05) is 13.8 Å². The Morgan fingerprint density at radius 2 is 1.62 bits per heavy atom. The van der Waals surface area contributed by atoms with Crippen LogP contribution in [0.15, 0.2) is 0 Å². The Kier molecular flexibility index (Phi) is 8.90. The van der Waals surface area contributed by atoms with Crippen molar-refractivity contribution in [2.24, 2.45) is 0 Å². The highest BCUT2D eigenvalue weighted by atomic mass is 16.5. The van der Waals surface area contributed by atoms with Crippen LogP contribution in [0.5, 0.6) is 0 Å². The van der Waals surface area contributed by atoms with Crippen molar-refractivity contribution in [3.63, 3.8) is 0 Å². The summed E-state index contributed by atoms with van der Waals surface area (Å²) >= 11 is 0. The van der Waals surface area contributed by atoms with E-state index >= 15 is 0 Å². The van der Waals surface area contributed by atoms with Gasteiger partial charge in [-0.05, 0) is 45.7 Å². The van der Waals surface area contributed by atoms with Crippen LogP contribution in [0.25, 0.3) is 0 Å². The number of hydrogen-bond donors (Lipinski definition) is 1. The van der Waals surface area contributed by atoms with Crippen molar-refractivity contribution in [3.8, 4) is 0 Å². The Bertz CT molecular complexity index is 150. The normalized spacial score (nSPS) is 21.6. The first kappa shape index (κ1) is 15.9. The number of rotatable bonds is 2. The number of fused-ring (bicyclic) bond motifs is 1. The minimum Gasteiger partial charge on any atom is -0.394 e. The van der Waals surface area contributed by atoms with Crippen LogP contribution in [-0.2, 0) is 4.74 Å². The summed E-state index contributed by atoms with van der Waals surface area (Å²) in [5, 5.41) is 9.19. The third kappa shape index (κ3) is 4.04. The first-order valence-electron chi connectivity index (χ1n) is 6.64. The van der Waals surface area contributed by atoms with Crippen LogP contribution in [0.4, 0.5) is 0 Å². The lowest BCUT2D eigenvalue weighted by molar-refractivity contribution is 0.0999. The van der Waals surface area contributed by atoms with E-state index in [1.54, 1.807) is 7.11 Å². The van der Waals surface area contributed by atoms with Crippen LogP contribution in [0.3, 0.4) is 0 Å². The van der Waals surface area contributed by atoms with Crippen LogP contribution in [0.2, 0.25) is 0 Å². The number of hydrogen-bond acceptors (Lipinski definition) is 3. The monoisotopic (exact) mass is 231 g/mol. The van der Waals surface area contributed by atoms with Gasteiger partial charge in [0, 0.05) is 19.3 Å². The lowest BCUT2D eigenvalue weighted by atomic mass is 9.96. The van der Waals surface area contributed by atoms with Crippen LogP contribution in [-0.4, -0.2) is 49.0 Å². The molecule has 16 heavy (non-hydrogen) atoms. The molecule has 2 aliphatic rings. The third-order valence-electron chi connectivity index (χ3n) is 3.39. The molecule has 2 fully saturated rings. The molecule has 2 saturated heterocycles. The van der Waals surface area contributed by atoms with E-state index in [4.69, 9.17) is 0 Å². The zero-order valence-corrected chi connectivity index (χ0v) is 11.5. The fourth-order valence-corrected chi connectivity index (χ4v) is 2.48. The van der Waals surface area contributed by atoms with Crippen molar-refractivity contribution in [1.29, 1.82) is 0 Å². The fourth-order valence-electron chi connectivity index (χ4n) is 2.48. The first-order valence-corrected chi connectivity index (χ1v) is 6.64. The maximum Gasteiger partial charge on any atom is 0.0615 e. The molecule has 0 spiro atoms. The van der Waals surface area contributed by atoms with Gasteiger partial charge < -0.3 is 9.84 Å². The lowest BCUT2D eigenvalue weighted by Gasteiger charge is -2.29. The Balaban J connectivity index is 0.000000323. The molecule has 0 amide bonds. The van der Waals surface area contributed by atoms with Gasteiger partial charge in [-0.2, -0.15) is 0 Å². The number of nitrogens with zero attached hydrogens (tertiary/aromatic N) is 1. The van der Waals surface area contributed by atoms with Crippen molar-refractivity contribution < 1.29 is 9.84 Å². The van der Waals surface area contributed by atoms with E-state index in [0.717, 1.165) is 6.61 Å². The zero-order chi connectivity index (χ0) is 12.4. The predicted molar refractivity (Wildman–Crippen MR) is 68.8 cm³/mol. The van der Waals surface area contributed by atoms with Crippen LogP contribution in [0, 0.1) is 0 Å². The van der Waals surface area contributed by atoms with Gasteiger partial charge in [-0.3, -0.25) is 4.90 Å². The van der Waals surface area contributed by atoms with Gasteiger partial charge in [-0.25, -0.2) is 0 Å². The molecule has 0 aliphatic carbocycles. The average molecular weight is 231 g/mol. The van der Waals surface area contributed by atoms with Crippen LogP contribution >= 0.6 is 0 Å². The molecule has 1 N–H and O–H groups in total. The summed E-state index contributed by atoms with van der Waals surface area (Å²) in [5.74, 6) is 0. The second kappa shape index (κ2) is 8.97. The molecule has 3 nitrogen and oxygen atoms in total. The highest BCUT2D eigenvalue weighted by molar-refractivity contribution is 4.99. The highest BCUT2D eigenvalue weighted by Crippen LogP contribution is 2.37. The molecule has 0 saturated carbocycles. The number of ether oxygens (including phenoxy) is 1. The van der Waals surface area contributed by atoms with E-state index < -0.39 is 0 Å². The summed E-state index contributed by atoms with van der Waals surface area (Å²) in [6.07, 6.45) is 5.04. The first-order chi connectivity index (χ1) is 7.79. The molecule has 2 rings (SSSR count). The van der Waals surface area contributed by atoms with E-state index in [9.17, 15) is 5.11 Å². The second-order valence-corrected chi connectivity index (χ2v) is 4.15. The summed E-state index contributed by atoms with van der Waals surface area (Å²) in [6, 6.07) is 0. The van der Waals surface area contributed by atoms with E-state index in [1.807, 2.05) is 20.8 Å². The van der Waals surface area contributed by atoms with E-state index in [0.29, 0.717) is 6.61 Å². The quantitative estimate of drug-likeness (QED) is 0.791. The number of methoxy groups -OCH3 is 1. The molecule has 0 aromatic rings. The molecule has 98 valence electrons. The minimum absolute atomic E-state index is 0.236. The molecule has 0 atom stereocenters. The van der Waals surface area contributed by atoms with Gasteiger partial charge >= 0.3 is 0 Å². The topological polar surface area (TPSA) is 32.7 Å². The Labute approximate surface area is 101 Å². The summed E-state index contributed by atoms with van der Waals surface area (Å²) in [4.78, 5) is 2.47. The molecule has 0 radical (unpaired) electrons. The summed E-state index contributed by atoms with van der Waals surface area (Å²) in [5.41, 5.74) is 0.236. The maximum atomic E-state index is 9.19. The number of aliphatic hydroxyl groups excluding tert-OH is 1. The summed E-state index contributed by atoms with van der Waals surface area (Å²) < 4.78 is 4.54. The van der Waals surface area contributed by atoms with Crippen LogP contribution in [0.1, 0.15) is 46.5 Å². The van der Waals surface area contributed by atoms with E-state index in [2.05, 4.69) is 9.64 Å². The largest absolute Gasteiger partial charge is 0.394 e. The molecule has 0 aromatic heterocycles. The Hall–Kier alpha value is -0.120. The molecule has 2 aliphatic heterocycles. The van der Waals surface area contributed by atoms with E-state index in [1.165, 1.54) is 38.8 Å². The predicted octanol–water partition coefficient (Wildman–Crippen LogP) is 2.29. The van der Waals surface area contributed by atoms with Gasteiger partial charge in [0.05, 0.1) is 6.61 Å². The zero-order valence-electron chi connectivity index (χ0n) is 11.5. The maximum absolute atomic E-state index is 9.19. The molecule has 0 bridgehead atoms. The Morgan fingerprint density at radius 3 is 1.88 bits per heavy atom. The fraction of sp³-hybridized carbons (Fsp3) is 1.00. The van der Waals surface area contributed by atoms with Crippen molar-refractivity contribution in [2.75, 3.05) is 33.4 Å². The van der Waals surface area contributed by atoms with Gasteiger partial charge in [-0.15, -0.1) is 0 Å². The molecule has 3 heteroatoms. The SMILES string of the molecule is CC.CCOC.OCC12CCCN1CCC2. The van der Waals surface area contributed by atoms with E-state index in [-0.39, 0.29) is 5.54 Å².